The van der Waals surface area contributed by atoms with Gasteiger partial charge >= 0.3 is 5.97 Å². The molecule has 2 saturated heterocycles. The van der Waals surface area contributed by atoms with Gasteiger partial charge in [0.15, 0.2) is 0 Å². The fourth-order valence-electron chi connectivity index (χ4n) is 2.47. The number of nitrogens with one attached hydrogen (secondary N) is 1. The van der Waals surface area contributed by atoms with Crippen LogP contribution in [-0.4, -0.2) is 35.7 Å². The maximum atomic E-state index is 11.2. The molecule has 0 bridgehead atoms. The summed E-state index contributed by atoms with van der Waals surface area (Å²) in [4.78, 5) is 22.2. The highest BCUT2D eigenvalue weighted by atomic mass is 16.5. The van der Waals surface area contributed by atoms with Crippen LogP contribution in [-0.2, 0) is 14.3 Å². The Bertz CT molecular complexity index is 291. The molecule has 2 aliphatic rings. The summed E-state index contributed by atoms with van der Waals surface area (Å²) in [5.41, 5.74) is -0.525. The molecule has 78 valence electrons. The molecule has 1 spiro atoms. The lowest BCUT2D eigenvalue weighted by molar-refractivity contribution is -0.143. The van der Waals surface area contributed by atoms with Crippen molar-refractivity contribution in [2.75, 3.05) is 6.61 Å². The maximum absolute atomic E-state index is 11.2. The zero-order valence-corrected chi connectivity index (χ0v) is 7.95. The Kier molecular flexibility index (Phi) is 1.99. The van der Waals surface area contributed by atoms with Gasteiger partial charge < -0.3 is 15.2 Å². The van der Waals surface area contributed by atoms with Crippen molar-refractivity contribution in [1.29, 1.82) is 0 Å². The minimum atomic E-state index is -0.965. The van der Waals surface area contributed by atoms with E-state index in [1.807, 2.05) is 6.92 Å². The fraction of sp³-hybridized carbons (Fsp3) is 0.778. The largest absolute Gasteiger partial charge is 0.480 e. The van der Waals surface area contributed by atoms with E-state index in [9.17, 15) is 9.59 Å². The summed E-state index contributed by atoms with van der Waals surface area (Å²) < 4.78 is 5.36. The lowest BCUT2D eigenvalue weighted by Gasteiger charge is -2.29. The van der Waals surface area contributed by atoms with Gasteiger partial charge in [-0.25, -0.2) is 4.79 Å². The number of hydrogen-bond donors (Lipinski definition) is 2. The van der Waals surface area contributed by atoms with Gasteiger partial charge in [-0.3, -0.25) is 4.79 Å². The molecule has 2 rings (SSSR count). The number of carboxylic acid groups (broad SMARTS) is 1. The van der Waals surface area contributed by atoms with E-state index in [1.54, 1.807) is 0 Å². The zero-order valence-electron chi connectivity index (χ0n) is 7.95. The van der Waals surface area contributed by atoms with Crippen molar-refractivity contribution in [1.82, 2.24) is 5.32 Å². The second-order valence-electron chi connectivity index (χ2n) is 4.01. The molecular weight excluding hydrogens is 186 g/mol. The average molecular weight is 199 g/mol. The number of carboxylic acids is 1. The van der Waals surface area contributed by atoms with Crippen LogP contribution in [0.15, 0.2) is 0 Å². The smallest absolute Gasteiger partial charge is 0.326 e. The molecule has 3 atom stereocenters. The van der Waals surface area contributed by atoms with E-state index in [-0.39, 0.29) is 18.4 Å². The fourth-order valence-corrected chi connectivity index (χ4v) is 2.47. The molecule has 5 heteroatoms. The second-order valence-corrected chi connectivity index (χ2v) is 4.01. The molecule has 14 heavy (non-hydrogen) atoms. The minimum Gasteiger partial charge on any atom is -0.480 e. The summed E-state index contributed by atoms with van der Waals surface area (Å²) in [5, 5.41) is 11.5. The van der Waals surface area contributed by atoms with E-state index in [4.69, 9.17) is 9.84 Å². The van der Waals surface area contributed by atoms with Crippen LogP contribution in [0.5, 0.6) is 0 Å². The lowest BCUT2D eigenvalue weighted by atomic mass is 9.75. The summed E-state index contributed by atoms with van der Waals surface area (Å²) in [7, 11) is 0. The summed E-state index contributed by atoms with van der Waals surface area (Å²) in [5.74, 6) is -1.15. The van der Waals surface area contributed by atoms with Gasteiger partial charge in [0.2, 0.25) is 5.91 Å². The third-order valence-electron chi connectivity index (χ3n) is 3.36. The first-order valence-corrected chi connectivity index (χ1v) is 4.70. The van der Waals surface area contributed by atoms with Gasteiger partial charge in [0.25, 0.3) is 0 Å². The lowest BCUT2D eigenvalue weighted by Crippen LogP contribution is -2.47. The number of carbonyl (C=O) groups is 2. The Labute approximate surface area is 81.4 Å². The van der Waals surface area contributed by atoms with Crippen LogP contribution >= 0.6 is 0 Å². The molecular formula is C9H13NO4. The van der Waals surface area contributed by atoms with E-state index < -0.39 is 17.4 Å². The number of ether oxygens (including phenoxy) is 1. The number of carbonyl (C=O) groups excluding carboxylic acids is 1. The Morgan fingerprint density at radius 1 is 1.71 bits per heavy atom. The molecule has 0 saturated carbocycles. The standard InChI is InChI=1S/C9H13NO4/c1-5-9(2-3-14-5)4-6(11)10-7(9)8(12)13/h5,7H,2-4H2,1H3,(H,10,11)(H,12,13). The molecule has 2 aliphatic heterocycles. The van der Waals surface area contributed by atoms with Crippen molar-refractivity contribution in [2.24, 2.45) is 5.41 Å². The number of amides is 1. The third kappa shape index (κ3) is 1.12. The predicted octanol–water partition coefficient (Wildman–Crippen LogP) is -0.245. The first kappa shape index (κ1) is 9.45. The van der Waals surface area contributed by atoms with Gasteiger partial charge in [-0.05, 0) is 13.3 Å². The normalized spacial score (nSPS) is 41.6. The van der Waals surface area contributed by atoms with Gasteiger partial charge in [-0.15, -0.1) is 0 Å². The van der Waals surface area contributed by atoms with Gasteiger partial charge in [0.05, 0.1) is 6.10 Å². The van der Waals surface area contributed by atoms with Crippen molar-refractivity contribution in [3.63, 3.8) is 0 Å². The summed E-state index contributed by atoms with van der Waals surface area (Å²) in [6.07, 6.45) is 0.747. The number of hydrogen-bond acceptors (Lipinski definition) is 3. The monoisotopic (exact) mass is 199 g/mol. The molecule has 2 heterocycles. The van der Waals surface area contributed by atoms with Gasteiger partial charge in [-0.1, -0.05) is 0 Å². The van der Waals surface area contributed by atoms with E-state index >= 15 is 0 Å². The topological polar surface area (TPSA) is 75.6 Å². The molecule has 2 fully saturated rings. The number of aliphatic carboxylic acids is 1. The summed E-state index contributed by atoms with van der Waals surface area (Å²) >= 11 is 0. The second kappa shape index (κ2) is 2.95. The van der Waals surface area contributed by atoms with Crippen molar-refractivity contribution >= 4 is 11.9 Å². The maximum Gasteiger partial charge on any atom is 0.326 e. The zero-order chi connectivity index (χ0) is 10.3. The molecule has 0 radical (unpaired) electrons. The van der Waals surface area contributed by atoms with Crippen molar-refractivity contribution in [3.05, 3.63) is 0 Å². The molecule has 0 aromatic carbocycles. The predicted molar refractivity (Wildman–Crippen MR) is 46.6 cm³/mol. The molecule has 0 aromatic rings. The molecule has 0 aromatic heterocycles. The molecule has 3 unspecified atom stereocenters. The van der Waals surface area contributed by atoms with Crippen LogP contribution in [0.2, 0.25) is 0 Å². The first-order valence-electron chi connectivity index (χ1n) is 4.70. The minimum absolute atomic E-state index is 0.164. The third-order valence-corrected chi connectivity index (χ3v) is 3.36. The van der Waals surface area contributed by atoms with Crippen molar-refractivity contribution in [2.45, 2.75) is 31.9 Å². The van der Waals surface area contributed by atoms with Crippen LogP contribution in [0.4, 0.5) is 0 Å². The van der Waals surface area contributed by atoms with Crippen LogP contribution in [0.3, 0.4) is 0 Å². The van der Waals surface area contributed by atoms with Crippen molar-refractivity contribution < 1.29 is 19.4 Å². The highest BCUT2D eigenvalue weighted by Crippen LogP contribution is 2.44. The molecule has 0 aliphatic carbocycles. The van der Waals surface area contributed by atoms with E-state index in [0.29, 0.717) is 13.0 Å². The molecule has 1 amide bonds. The Hall–Kier alpha value is -1.10. The Morgan fingerprint density at radius 2 is 2.43 bits per heavy atom. The van der Waals surface area contributed by atoms with Gasteiger partial charge in [0, 0.05) is 18.4 Å². The van der Waals surface area contributed by atoms with Gasteiger partial charge in [0.1, 0.15) is 6.04 Å². The Balaban J connectivity index is 2.31. The average Bonchev–Trinajstić information content (AvgIpc) is 2.60. The molecule has 5 nitrogen and oxygen atoms in total. The quantitative estimate of drug-likeness (QED) is 0.611. The highest BCUT2D eigenvalue weighted by Gasteiger charge is 2.56. The van der Waals surface area contributed by atoms with Gasteiger partial charge in [-0.2, -0.15) is 0 Å². The van der Waals surface area contributed by atoms with Crippen LogP contribution in [0.25, 0.3) is 0 Å². The summed E-state index contributed by atoms with van der Waals surface area (Å²) in [6.45, 7) is 2.38. The SMILES string of the molecule is CC1OCCC12CC(=O)NC2C(=O)O. The number of rotatable bonds is 1. The van der Waals surface area contributed by atoms with E-state index in [1.165, 1.54) is 0 Å². The first-order chi connectivity index (χ1) is 6.56. The van der Waals surface area contributed by atoms with Crippen LogP contribution < -0.4 is 5.32 Å². The molecule has 2 N–H and O–H groups in total. The summed E-state index contributed by atoms with van der Waals surface area (Å²) in [6, 6.07) is -0.785. The van der Waals surface area contributed by atoms with E-state index in [2.05, 4.69) is 5.32 Å². The van der Waals surface area contributed by atoms with Crippen LogP contribution in [0.1, 0.15) is 19.8 Å². The Morgan fingerprint density at radius 3 is 2.93 bits per heavy atom. The van der Waals surface area contributed by atoms with Crippen molar-refractivity contribution in [3.8, 4) is 0 Å². The highest BCUT2D eigenvalue weighted by molar-refractivity contribution is 5.89. The van der Waals surface area contributed by atoms with E-state index in [0.717, 1.165) is 0 Å². The van der Waals surface area contributed by atoms with Crippen LogP contribution in [0, 0.1) is 5.41 Å².